The first-order valence-corrected chi connectivity index (χ1v) is 10.1. The van der Waals surface area contributed by atoms with E-state index in [1.165, 1.54) is 16.4 Å². The maximum absolute atomic E-state index is 12.7. The van der Waals surface area contributed by atoms with Gasteiger partial charge in [0.15, 0.2) is 0 Å². The van der Waals surface area contributed by atoms with E-state index in [4.69, 9.17) is 0 Å². The smallest absolute Gasteiger partial charge is 0.257 e. The Kier molecular flexibility index (Phi) is 5.08. The van der Waals surface area contributed by atoms with Gasteiger partial charge >= 0.3 is 0 Å². The topological polar surface area (TPSA) is 71.4 Å². The van der Waals surface area contributed by atoms with Crippen LogP contribution in [-0.4, -0.2) is 36.3 Å². The first-order valence-electron chi connectivity index (χ1n) is 8.65. The van der Waals surface area contributed by atoms with Crippen LogP contribution in [0.1, 0.15) is 24.2 Å². The van der Waals surface area contributed by atoms with Gasteiger partial charge in [0.2, 0.25) is 10.0 Å². The molecule has 0 aliphatic heterocycles. The van der Waals surface area contributed by atoms with E-state index in [2.05, 4.69) is 5.32 Å². The van der Waals surface area contributed by atoms with Gasteiger partial charge in [-0.15, -0.1) is 0 Å². The highest BCUT2D eigenvalue weighted by Crippen LogP contribution is 2.23. The first-order chi connectivity index (χ1) is 12.7. The highest BCUT2D eigenvalue weighted by Gasteiger charge is 2.23. The fourth-order valence-corrected chi connectivity index (χ4v) is 4.24. The Balaban J connectivity index is 1.83. The molecule has 0 fully saturated rings. The zero-order valence-electron chi connectivity index (χ0n) is 15.8. The second-order valence-corrected chi connectivity index (χ2v) is 8.76. The molecule has 0 atom stereocenters. The normalized spacial score (nSPS) is 12.1. The van der Waals surface area contributed by atoms with E-state index in [0.717, 1.165) is 10.9 Å². The number of aromatic nitrogens is 1. The van der Waals surface area contributed by atoms with Crippen LogP contribution < -0.4 is 5.32 Å². The molecule has 1 aromatic heterocycles. The van der Waals surface area contributed by atoms with Gasteiger partial charge in [-0.1, -0.05) is 18.2 Å². The molecule has 142 valence electrons. The minimum Gasteiger partial charge on any atom is -0.350 e. The minimum atomic E-state index is -3.54. The molecule has 0 radical (unpaired) electrons. The molecule has 0 unspecified atom stereocenters. The summed E-state index contributed by atoms with van der Waals surface area (Å²) < 4.78 is 28.2. The number of hydrogen-bond donors (Lipinski definition) is 1. The van der Waals surface area contributed by atoms with Crippen molar-refractivity contribution < 1.29 is 13.2 Å². The summed E-state index contributed by atoms with van der Waals surface area (Å²) in [4.78, 5) is 12.9. The molecule has 3 aromatic rings. The SMILES string of the molecule is CC(C)N(C)S(=O)(=O)c1ccc(NC(=O)c2cn(C)c3ccccc23)cc1. The van der Waals surface area contributed by atoms with Gasteiger partial charge in [0.25, 0.3) is 5.91 Å². The summed E-state index contributed by atoms with van der Waals surface area (Å²) in [7, 11) is -0.0992. The zero-order valence-corrected chi connectivity index (χ0v) is 16.6. The van der Waals surface area contributed by atoms with Crippen molar-refractivity contribution in [1.82, 2.24) is 8.87 Å². The van der Waals surface area contributed by atoms with Crippen LogP contribution in [-0.2, 0) is 17.1 Å². The Labute approximate surface area is 159 Å². The summed E-state index contributed by atoms with van der Waals surface area (Å²) in [6.07, 6.45) is 1.79. The van der Waals surface area contributed by atoms with Crippen LogP contribution in [0.15, 0.2) is 59.6 Å². The number of hydrogen-bond acceptors (Lipinski definition) is 3. The van der Waals surface area contributed by atoms with Crippen LogP contribution in [0.25, 0.3) is 10.9 Å². The predicted octanol–water partition coefficient (Wildman–Crippen LogP) is 3.46. The Morgan fingerprint density at radius 3 is 2.33 bits per heavy atom. The molecule has 0 spiro atoms. The molecule has 6 nitrogen and oxygen atoms in total. The van der Waals surface area contributed by atoms with E-state index in [1.54, 1.807) is 25.4 Å². The van der Waals surface area contributed by atoms with Gasteiger partial charge in [0.05, 0.1) is 10.5 Å². The van der Waals surface area contributed by atoms with Gasteiger partial charge < -0.3 is 9.88 Å². The molecule has 1 N–H and O–H groups in total. The van der Waals surface area contributed by atoms with Gasteiger partial charge in [-0.3, -0.25) is 4.79 Å². The number of nitrogens with zero attached hydrogens (tertiary/aromatic N) is 2. The predicted molar refractivity (Wildman–Crippen MR) is 107 cm³/mol. The lowest BCUT2D eigenvalue weighted by Crippen LogP contribution is -2.33. The largest absolute Gasteiger partial charge is 0.350 e. The highest BCUT2D eigenvalue weighted by atomic mass is 32.2. The van der Waals surface area contributed by atoms with E-state index in [0.29, 0.717) is 11.3 Å². The number of anilines is 1. The molecular weight excluding hydrogens is 362 g/mol. The van der Waals surface area contributed by atoms with Gasteiger partial charge in [-0.05, 0) is 44.2 Å². The number of carbonyl (C=O) groups excluding carboxylic acids is 1. The Morgan fingerprint density at radius 2 is 1.70 bits per heavy atom. The molecule has 0 saturated heterocycles. The van der Waals surface area contributed by atoms with Crippen LogP contribution in [0.3, 0.4) is 0 Å². The fourth-order valence-electron chi connectivity index (χ4n) is 2.88. The maximum Gasteiger partial charge on any atom is 0.257 e. The molecule has 0 bridgehead atoms. The van der Waals surface area contributed by atoms with Crippen LogP contribution in [0.4, 0.5) is 5.69 Å². The summed E-state index contributed by atoms with van der Waals surface area (Å²) in [5.74, 6) is -0.235. The zero-order chi connectivity index (χ0) is 19.8. The molecule has 7 heteroatoms. The monoisotopic (exact) mass is 385 g/mol. The maximum atomic E-state index is 12.7. The molecule has 27 heavy (non-hydrogen) atoms. The number of para-hydroxylation sites is 1. The third kappa shape index (κ3) is 3.61. The van der Waals surface area contributed by atoms with Crippen LogP contribution in [0.2, 0.25) is 0 Å². The molecular formula is C20H23N3O3S. The molecule has 0 aliphatic carbocycles. The molecule has 3 rings (SSSR count). The van der Waals surface area contributed by atoms with E-state index in [9.17, 15) is 13.2 Å². The van der Waals surface area contributed by atoms with Crippen LogP contribution in [0, 0.1) is 0 Å². The molecule has 1 heterocycles. The molecule has 2 aromatic carbocycles. The van der Waals surface area contributed by atoms with E-state index < -0.39 is 10.0 Å². The van der Waals surface area contributed by atoms with Crippen molar-refractivity contribution in [2.45, 2.75) is 24.8 Å². The van der Waals surface area contributed by atoms with Crippen LogP contribution >= 0.6 is 0 Å². The number of rotatable bonds is 5. The molecule has 0 saturated carbocycles. The van der Waals surface area contributed by atoms with Crippen molar-refractivity contribution in [2.75, 3.05) is 12.4 Å². The van der Waals surface area contributed by atoms with E-state index >= 15 is 0 Å². The van der Waals surface area contributed by atoms with E-state index in [1.807, 2.05) is 49.7 Å². The van der Waals surface area contributed by atoms with Gasteiger partial charge in [0.1, 0.15) is 0 Å². The third-order valence-corrected chi connectivity index (χ3v) is 6.71. The number of amides is 1. The Bertz CT molecular complexity index is 1080. The Morgan fingerprint density at radius 1 is 1.07 bits per heavy atom. The average Bonchev–Trinajstić information content (AvgIpc) is 2.98. The van der Waals surface area contributed by atoms with Crippen molar-refractivity contribution in [3.8, 4) is 0 Å². The van der Waals surface area contributed by atoms with Crippen molar-refractivity contribution in [3.63, 3.8) is 0 Å². The van der Waals surface area contributed by atoms with E-state index in [-0.39, 0.29) is 16.8 Å². The van der Waals surface area contributed by atoms with Gasteiger partial charge in [0, 0.05) is 42.9 Å². The second kappa shape index (κ2) is 7.17. The second-order valence-electron chi connectivity index (χ2n) is 6.76. The lowest BCUT2D eigenvalue weighted by molar-refractivity contribution is 0.102. The van der Waals surface area contributed by atoms with Gasteiger partial charge in [-0.2, -0.15) is 4.31 Å². The molecule has 0 aliphatic rings. The molecule has 1 amide bonds. The van der Waals surface area contributed by atoms with Crippen molar-refractivity contribution in [1.29, 1.82) is 0 Å². The third-order valence-electron chi connectivity index (χ3n) is 4.66. The summed E-state index contributed by atoms with van der Waals surface area (Å²) in [6, 6.07) is 13.8. The quantitative estimate of drug-likeness (QED) is 0.731. The van der Waals surface area contributed by atoms with Crippen molar-refractivity contribution in [3.05, 3.63) is 60.3 Å². The highest BCUT2D eigenvalue weighted by molar-refractivity contribution is 7.89. The number of carbonyl (C=O) groups is 1. The number of aryl methyl sites for hydroxylation is 1. The average molecular weight is 385 g/mol. The number of nitrogens with one attached hydrogen (secondary N) is 1. The summed E-state index contributed by atoms with van der Waals surface area (Å²) >= 11 is 0. The summed E-state index contributed by atoms with van der Waals surface area (Å²) in [5, 5.41) is 3.70. The number of fused-ring (bicyclic) bond motifs is 1. The first kappa shape index (κ1) is 19.1. The standard InChI is InChI=1S/C20H23N3O3S/c1-14(2)23(4)27(25,26)16-11-9-15(10-12-16)21-20(24)18-13-22(3)19-8-6-5-7-17(18)19/h5-14H,1-4H3,(H,21,24). The lowest BCUT2D eigenvalue weighted by atomic mass is 10.1. The van der Waals surface area contributed by atoms with Crippen LogP contribution in [0.5, 0.6) is 0 Å². The summed E-state index contributed by atoms with van der Waals surface area (Å²) in [6.45, 7) is 3.63. The number of sulfonamides is 1. The van der Waals surface area contributed by atoms with Gasteiger partial charge in [-0.25, -0.2) is 8.42 Å². The Hall–Kier alpha value is -2.64. The number of benzene rings is 2. The van der Waals surface area contributed by atoms with Crippen molar-refractivity contribution >= 4 is 32.5 Å². The van der Waals surface area contributed by atoms with Crippen molar-refractivity contribution in [2.24, 2.45) is 7.05 Å². The fraction of sp³-hybridized carbons (Fsp3) is 0.250. The minimum absolute atomic E-state index is 0.138. The lowest BCUT2D eigenvalue weighted by Gasteiger charge is -2.21. The summed E-state index contributed by atoms with van der Waals surface area (Å²) in [5.41, 5.74) is 2.09.